The number of rotatable bonds is 7. The van der Waals surface area contributed by atoms with E-state index < -0.39 is 23.4 Å². The highest BCUT2D eigenvalue weighted by Crippen LogP contribution is 2.42. The monoisotopic (exact) mass is 546 g/mol. The molecule has 0 saturated carbocycles. The van der Waals surface area contributed by atoms with Crippen molar-refractivity contribution < 1.29 is 23.4 Å². The van der Waals surface area contributed by atoms with Crippen LogP contribution in [0.25, 0.3) is 10.9 Å². The maximum absolute atomic E-state index is 15.6. The summed E-state index contributed by atoms with van der Waals surface area (Å²) in [6.07, 6.45) is 0.872. The van der Waals surface area contributed by atoms with Crippen LogP contribution in [0.2, 0.25) is 10.0 Å². The molecule has 0 bridgehead atoms. The van der Waals surface area contributed by atoms with Crippen LogP contribution < -0.4 is 4.74 Å². The number of benzene rings is 2. The van der Waals surface area contributed by atoms with E-state index in [9.17, 15) is 14.3 Å². The molecule has 1 aliphatic rings. The Balaban J connectivity index is 1.41. The van der Waals surface area contributed by atoms with Crippen molar-refractivity contribution in [3.05, 3.63) is 69.6 Å². The SMILES string of the molecule is COc1ccc2ncc(Cl)c(C(F)CCC3(C(=O)O)CCN(CC#Cc4ccc(Cl)cc4F)CC3)c2c1. The summed E-state index contributed by atoms with van der Waals surface area (Å²) in [7, 11) is 1.52. The van der Waals surface area contributed by atoms with Crippen LogP contribution in [-0.2, 0) is 4.79 Å². The lowest BCUT2D eigenvalue weighted by Gasteiger charge is -2.38. The van der Waals surface area contributed by atoms with Crippen LogP contribution >= 0.6 is 23.2 Å². The number of aliphatic carboxylic acids is 1. The zero-order chi connectivity index (χ0) is 26.6. The maximum Gasteiger partial charge on any atom is 0.309 e. The molecule has 1 aliphatic heterocycles. The molecule has 37 heavy (non-hydrogen) atoms. The van der Waals surface area contributed by atoms with Gasteiger partial charge in [-0.2, -0.15) is 0 Å². The Kier molecular flexibility index (Phi) is 8.53. The molecule has 1 N–H and O–H groups in total. The second-order valence-electron chi connectivity index (χ2n) is 9.20. The molecule has 2 heterocycles. The number of halogens is 4. The molecular weight excluding hydrogens is 521 g/mol. The van der Waals surface area contributed by atoms with Crippen LogP contribution in [0.4, 0.5) is 8.78 Å². The van der Waals surface area contributed by atoms with Gasteiger partial charge in [-0.15, -0.1) is 0 Å². The fourth-order valence-electron chi connectivity index (χ4n) is 4.71. The highest BCUT2D eigenvalue weighted by molar-refractivity contribution is 6.32. The second kappa shape index (κ2) is 11.6. The molecular formula is C28H26Cl2F2N2O3. The van der Waals surface area contributed by atoms with Gasteiger partial charge in [-0.3, -0.25) is 14.7 Å². The molecule has 1 fully saturated rings. The predicted octanol–water partition coefficient (Wildman–Crippen LogP) is 6.70. The molecule has 1 atom stereocenters. The number of piperidine rings is 1. The molecule has 1 saturated heterocycles. The molecule has 0 spiro atoms. The van der Waals surface area contributed by atoms with E-state index in [1.165, 1.54) is 25.4 Å². The first kappa shape index (κ1) is 27.1. The average molecular weight is 547 g/mol. The summed E-state index contributed by atoms with van der Waals surface area (Å²) < 4.78 is 34.8. The summed E-state index contributed by atoms with van der Waals surface area (Å²) in [6.45, 7) is 1.37. The minimum Gasteiger partial charge on any atom is -0.497 e. The van der Waals surface area contributed by atoms with Crippen molar-refractivity contribution in [2.75, 3.05) is 26.7 Å². The van der Waals surface area contributed by atoms with Gasteiger partial charge in [-0.25, -0.2) is 8.78 Å². The number of carbonyl (C=O) groups is 1. The number of aromatic nitrogens is 1. The van der Waals surface area contributed by atoms with E-state index in [0.717, 1.165) is 0 Å². The van der Waals surface area contributed by atoms with Crippen LogP contribution in [0.15, 0.2) is 42.6 Å². The van der Waals surface area contributed by atoms with Crippen molar-refractivity contribution in [2.24, 2.45) is 5.41 Å². The number of nitrogens with zero attached hydrogens (tertiary/aromatic N) is 2. The van der Waals surface area contributed by atoms with Gasteiger partial charge in [-0.05, 0) is 62.1 Å². The molecule has 0 radical (unpaired) electrons. The van der Waals surface area contributed by atoms with Crippen molar-refractivity contribution >= 4 is 40.1 Å². The number of likely N-dealkylation sites (tertiary alicyclic amines) is 1. The van der Waals surface area contributed by atoms with Crippen molar-refractivity contribution in [3.8, 4) is 17.6 Å². The van der Waals surface area contributed by atoms with Crippen molar-refractivity contribution in [3.63, 3.8) is 0 Å². The first-order valence-electron chi connectivity index (χ1n) is 11.9. The summed E-state index contributed by atoms with van der Waals surface area (Å²) in [5.41, 5.74) is 0.107. The zero-order valence-electron chi connectivity index (χ0n) is 20.2. The average Bonchev–Trinajstić information content (AvgIpc) is 2.88. The molecule has 194 valence electrons. The van der Waals surface area contributed by atoms with E-state index in [2.05, 4.69) is 16.8 Å². The smallest absolute Gasteiger partial charge is 0.309 e. The molecule has 4 rings (SSSR count). The van der Waals surface area contributed by atoms with E-state index in [-0.39, 0.29) is 23.4 Å². The van der Waals surface area contributed by atoms with E-state index in [1.54, 1.807) is 24.3 Å². The normalized spacial score (nSPS) is 16.1. The van der Waals surface area contributed by atoms with Gasteiger partial charge in [0.25, 0.3) is 0 Å². The third-order valence-electron chi connectivity index (χ3n) is 6.98. The Hall–Kier alpha value is -2.92. The van der Waals surface area contributed by atoms with Gasteiger partial charge in [0.1, 0.15) is 17.7 Å². The number of alkyl halides is 1. The Morgan fingerprint density at radius 1 is 1.24 bits per heavy atom. The lowest BCUT2D eigenvalue weighted by Crippen LogP contribution is -2.44. The molecule has 5 nitrogen and oxygen atoms in total. The zero-order valence-corrected chi connectivity index (χ0v) is 21.8. The van der Waals surface area contributed by atoms with Gasteiger partial charge in [0, 0.05) is 35.3 Å². The molecule has 3 aromatic rings. The summed E-state index contributed by atoms with van der Waals surface area (Å²) in [6, 6.07) is 9.48. The predicted molar refractivity (Wildman–Crippen MR) is 140 cm³/mol. The first-order chi connectivity index (χ1) is 17.7. The topological polar surface area (TPSA) is 62.7 Å². The van der Waals surface area contributed by atoms with Crippen LogP contribution in [0.3, 0.4) is 0 Å². The van der Waals surface area contributed by atoms with Crippen LogP contribution in [0, 0.1) is 23.1 Å². The standard InChI is InChI=1S/C28H26Cl2F2N2O3/c1-37-20-6-7-25-21(16-20)26(22(30)17-33-25)23(31)8-9-28(27(35)36)10-13-34(14-11-28)12-2-3-18-4-5-19(29)15-24(18)32/h4-7,15-17,23H,8-14H2,1H3,(H,35,36). The molecule has 9 heteroatoms. The fourth-order valence-corrected chi connectivity index (χ4v) is 5.14. The van der Waals surface area contributed by atoms with Gasteiger partial charge in [0.15, 0.2) is 0 Å². The van der Waals surface area contributed by atoms with Gasteiger partial charge in [0.05, 0.1) is 35.2 Å². The number of methoxy groups -OCH3 is 1. The number of fused-ring (bicyclic) bond motifs is 1. The molecule has 1 aromatic heterocycles. The van der Waals surface area contributed by atoms with E-state index in [0.29, 0.717) is 59.7 Å². The minimum atomic E-state index is -1.46. The number of carboxylic acid groups (broad SMARTS) is 1. The third-order valence-corrected chi connectivity index (χ3v) is 7.52. The molecule has 0 amide bonds. The summed E-state index contributed by atoms with van der Waals surface area (Å²) in [4.78, 5) is 18.6. The van der Waals surface area contributed by atoms with Gasteiger partial charge >= 0.3 is 5.97 Å². The van der Waals surface area contributed by atoms with Crippen molar-refractivity contribution in [1.82, 2.24) is 9.88 Å². The van der Waals surface area contributed by atoms with E-state index in [4.69, 9.17) is 27.9 Å². The Labute approximate surface area is 224 Å². The van der Waals surface area contributed by atoms with Crippen LogP contribution in [0.1, 0.15) is 43.0 Å². The number of pyridine rings is 1. The van der Waals surface area contributed by atoms with Crippen LogP contribution in [-0.4, -0.2) is 47.7 Å². The van der Waals surface area contributed by atoms with E-state index >= 15 is 4.39 Å². The summed E-state index contributed by atoms with van der Waals surface area (Å²) in [5.74, 6) is 4.89. The van der Waals surface area contributed by atoms with Gasteiger partial charge < -0.3 is 9.84 Å². The summed E-state index contributed by atoms with van der Waals surface area (Å²) in [5, 5.41) is 11.1. The fraction of sp³-hybridized carbons (Fsp3) is 0.357. The summed E-state index contributed by atoms with van der Waals surface area (Å²) >= 11 is 12.1. The molecule has 1 unspecified atom stereocenters. The number of ether oxygens (including phenoxy) is 1. The van der Waals surface area contributed by atoms with E-state index in [1.807, 2.05) is 4.90 Å². The molecule has 2 aromatic carbocycles. The maximum atomic E-state index is 15.6. The molecule has 0 aliphatic carbocycles. The number of hydrogen-bond acceptors (Lipinski definition) is 4. The lowest BCUT2D eigenvalue weighted by molar-refractivity contribution is -0.152. The number of carboxylic acids is 1. The van der Waals surface area contributed by atoms with Crippen molar-refractivity contribution in [2.45, 2.75) is 31.9 Å². The Bertz CT molecular complexity index is 1360. The lowest BCUT2D eigenvalue weighted by atomic mass is 9.74. The minimum absolute atomic E-state index is 0.0119. The quantitative estimate of drug-likeness (QED) is 0.334. The highest BCUT2D eigenvalue weighted by atomic mass is 35.5. The highest BCUT2D eigenvalue weighted by Gasteiger charge is 2.41. The first-order valence-corrected chi connectivity index (χ1v) is 12.6. The second-order valence-corrected chi connectivity index (χ2v) is 10.0. The number of hydrogen-bond donors (Lipinski definition) is 1. The van der Waals surface area contributed by atoms with Crippen molar-refractivity contribution in [1.29, 1.82) is 0 Å². The Morgan fingerprint density at radius 3 is 2.68 bits per heavy atom. The van der Waals surface area contributed by atoms with Gasteiger partial charge in [0.2, 0.25) is 0 Å². The largest absolute Gasteiger partial charge is 0.497 e. The Morgan fingerprint density at radius 2 is 2.00 bits per heavy atom. The third kappa shape index (κ3) is 6.15. The van der Waals surface area contributed by atoms with Crippen LogP contribution in [0.5, 0.6) is 5.75 Å². The van der Waals surface area contributed by atoms with Gasteiger partial charge in [-0.1, -0.05) is 35.0 Å².